The molecule has 4 saturated carbocycles. The Balaban J connectivity index is 1.21. The number of carbonyl (C=O) groups excluding carboxylic acids is 3. The van der Waals surface area contributed by atoms with Crippen LogP contribution in [0, 0.1) is 23.2 Å². The lowest BCUT2D eigenvalue weighted by Gasteiger charge is -2.56. The molecule has 1 aromatic rings. The maximum atomic E-state index is 12.7. The van der Waals surface area contributed by atoms with Gasteiger partial charge in [-0.2, -0.15) is 0 Å². The zero-order valence-corrected chi connectivity index (χ0v) is 17.3. The number of hydrogen-bond donors (Lipinski definition) is 2. The molecular formula is C22H25N3O3S. The summed E-state index contributed by atoms with van der Waals surface area (Å²) in [4.78, 5) is 37.9. The molecule has 1 aliphatic heterocycles. The summed E-state index contributed by atoms with van der Waals surface area (Å²) in [6, 6.07) is 4.92. The average molecular weight is 412 g/mol. The second kappa shape index (κ2) is 6.62. The first kappa shape index (κ1) is 18.7. The molecule has 2 N–H and O–H groups in total. The molecule has 4 fully saturated rings. The van der Waals surface area contributed by atoms with Crippen molar-refractivity contribution in [3.63, 3.8) is 0 Å². The van der Waals surface area contributed by atoms with Gasteiger partial charge in [-0.05, 0) is 92.1 Å². The third kappa shape index (κ3) is 3.25. The first-order valence-electron chi connectivity index (χ1n) is 10.4. The van der Waals surface area contributed by atoms with E-state index in [1.807, 2.05) is 0 Å². The van der Waals surface area contributed by atoms with E-state index in [4.69, 9.17) is 12.2 Å². The average Bonchev–Trinajstić information content (AvgIpc) is 2.84. The van der Waals surface area contributed by atoms with Crippen LogP contribution in [0.25, 0.3) is 0 Å². The quantitative estimate of drug-likeness (QED) is 0.589. The van der Waals surface area contributed by atoms with E-state index in [9.17, 15) is 14.4 Å². The third-order valence-corrected chi connectivity index (χ3v) is 7.51. The standard InChI is InChI=1S/C22H25N3O3S/c1-25-19(27)16-3-2-15(7-17(16)20(25)28)23-21(29)24-18(26)11-22-8-12-4-13(9-22)6-14(5-12)10-22/h2-3,7,12-14H,4-6,8-11H2,1H3,(H2,23,24,26,29). The Morgan fingerprint density at radius 1 is 1.07 bits per heavy atom. The molecule has 152 valence electrons. The zero-order chi connectivity index (χ0) is 20.3. The Labute approximate surface area is 175 Å². The van der Waals surface area contributed by atoms with Crippen molar-refractivity contribution in [2.45, 2.75) is 44.9 Å². The van der Waals surface area contributed by atoms with Gasteiger partial charge in [0.2, 0.25) is 5.91 Å². The molecule has 0 spiro atoms. The Hall–Kier alpha value is -2.28. The molecule has 4 aliphatic carbocycles. The highest BCUT2D eigenvalue weighted by molar-refractivity contribution is 7.80. The van der Waals surface area contributed by atoms with Crippen molar-refractivity contribution in [3.8, 4) is 0 Å². The second-order valence-electron chi connectivity index (χ2n) is 9.53. The van der Waals surface area contributed by atoms with E-state index in [1.165, 1.54) is 45.6 Å². The van der Waals surface area contributed by atoms with Crippen LogP contribution in [0.5, 0.6) is 0 Å². The van der Waals surface area contributed by atoms with Crippen LogP contribution < -0.4 is 10.6 Å². The highest BCUT2D eigenvalue weighted by Crippen LogP contribution is 2.61. The number of rotatable bonds is 3. The SMILES string of the molecule is CN1C(=O)c2ccc(NC(=S)NC(=O)CC34CC5CC(CC(C5)C3)C4)cc2C1=O. The molecule has 7 heteroatoms. The van der Waals surface area contributed by atoms with Gasteiger partial charge in [-0.15, -0.1) is 0 Å². The number of thiocarbonyl (C=S) groups is 1. The molecule has 4 bridgehead atoms. The van der Waals surface area contributed by atoms with Crippen molar-refractivity contribution in [1.82, 2.24) is 10.2 Å². The minimum absolute atomic E-state index is 0.0309. The Morgan fingerprint density at radius 2 is 1.66 bits per heavy atom. The molecule has 0 saturated heterocycles. The Bertz CT molecular complexity index is 906. The topological polar surface area (TPSA) is 78.5 Å². The molecule has 6 rings (SSSR count). The van der Waals surface area contributed by atoms with Gasteiger partial charge < -0.3 is 10.6 Å². The number of fused-ring (bicyclic) bond motifs is 1. The number of amides is 3. The van der Waals surface area contributed by atoms with Gasteiger partial charge in [0.25, 0.3) is 11.8 Å². The summed E-state index contributed by atoms with van der Waals surface area (Å²) in [5.41, 5.74) is 1.49. The predicted octanol–water partition coefficient (Wildman–Crippen LogP) is 3.33. The van der Waals surface area contributed by atoms with Gasteiger partial charge in [0, 0.05) is 19.2 Å². The van der Waals surface area contributed by atoms with Gasteiger partial charge in [0.1, 0.15) is 0 Å². The first-order valence-corrected chi connectivity index (χ1v) is 10.8. The lowest BCUT2D eigenvalue weighted by atomic mass is 9.49. The summed E-state index contributed by atoms with van der Waals surface area (Å²) in [6.45, 7) is 0. The zero-order valence-electron chi connectivity index (χ0n) is 16.5. The van der Waals surface area contributed by atoms with E-state index in [2.05, 4.69) is 10.6 Å². The number of imide groups is 1. The van der Waals surface area contributed by atoms with Gasteiger partial charge >= 0.3 is 0 Å². The van der Waals surface area contributed by atoms with E-state index < -0.39 is 0 Å². The fraction of sp³-hybridized carbons (Fsp3) is 0.545. The first-order chi connectivity index (χ1) is 13.8. The van der Waals surface area contributed by atoms with Crippen LogP contribution in [-0.2, 0) is 4.79 Å². The van der Waals surface area contributed by atoms with Crippen molar-refractivity contribution in [3.05, 3.63) is 29.3 Å². The summed E-state index contributed by atoms with van der Waals surface area (Å²) < 4.78 is 0. The molecular weight excluding hydrogens is 386 g/mol. The van der Waals surface area contributed by atoms with Gasteiger partial charge in [0.15, 0.2) is 5.11 Å². The van der Waals surface area contributed by atoms with Crippen LogP contribution in [0.15, 0.2) is 18.2 Å². The molecule has 6 nitrogen and oxygen atoms in total. The predicted molar refractivity (Wildman–Crippen MR) is 112 cm³/mol. The van der Waals surface area contributed by atoms with Crippen molar-refractivity contribution in [2.75, 3.05) is 12.4 Å². The fourth-order valence-electron chi connectivity index (χ4n) is 6.62. The fourth-order valence-corrected chi connectivity index (χ4v) is 6.85. The molecule has 0 unspecified atom stereocenters. The lowest BCUT2D eigenvalue weighted by molar-refractivity contribution is -0.127. The minimum Gasteiger partial charge on any atom is -0.332 e. The van der Waals surface area contributed by atoms with Crippen LogP contribution in [0.2, 0.25) is 0 Å². The summed E-state index contributed by atoms with van der Waals surface area (Å²) in [5, 5.41) is 6.02. The van der Waals surface area contributed by atoms with Crippen LogP contribution in [-0.4, -0.2) is 34.8 Å². The largest absolute Gasteiger partial charge is 0.332 e. The van der Waals surface area contributed by atoms with Crippen molar-refractivity contribution in [1.29, 1.82) is 0 Å². The van der Waals surface area contributed by atoms with Crippen molar-refractivity contribution < 1.29 is 14.4 Å². The number of nitrogens with one attached hydrogen (secondary N) is 2. The highest BCUT2D eigenvalue weighted by Gasteiger charge is 2.51. The van der Waals surface area contributed by atoms with E-state index in [0.29, 0.717) is 23.2 Å². The van der Waals surface area contributed by atoms with Gasteiger partial charge in [-0.1, -0.05) is 0 Å². The molecule has 3 amide bonds. The lowest BCUT2D eigenvalue weighted by Crippen LogP contribution is -2.48. The van der Waals surface area contributed by atoms with Crippen LogP contribution >= 0.6 is 12.2 Å². The molecule has 0 radical (unpaired) electrons. The summed E-state index contributed by atoms with van der Waals surface area (Å²) in [5.74, 6) is 1.77. The maximum absolute atomic E-state index is 12.7. The summed E-state index contributed by atoms with van der Waals surface area (Å²) >= 11 is 5.32. The number of carbonyl (C=O) groups is 3. The van der Waals surface area contributed by atoms with E-state index >= 15 is 0 Å². The third-order valence-electron chi connectivity index (χ3n) is 7.30. The molecule has 5 aliphatic rings. The smallest absolute Gasteiger partial charge is 0.261 e. The van der Waals surface area contributed by atoms with E-state index in [1.54, 1.807) is 18.2 Å². The van der Waals surface area contributed by atoms with Crippen LogP contribution in [0.3, 0.4) is 0 Å². The Kier molecular flexibility index (Phi) is 4.28. The number of hydrogen-bond acceptors (Lipinski definition) is 4. The van der Waals surface area contributed by atoms with Crippen LogP contribution in [0.4, 0.5) is 5.69 Å². The van der Waals surface area contributed by atoms with Crippen LogP contribution in [0.1, 0.15) is 65.7 Å². The number of benzene rings is 1. The Morgan fingerprint density at radius 3 is 2.28 bits per heavy atom. The second-order valence-corrected chi connectivity index (χ2v) is 9.93. The molecule has 1 aromatic carbocycles. The van der Waals surface area contributed by atoms with Gasteiger partial charge in [-0.25, -0.2) is 0 Å². The van der Waals surface area contributed by atoms with Crippen molar-refractivity contribution in [2.24, 2.45) is 23.2 Å². The maximum Gasteiger partial charge on any atom is 0.261 e. The van der Waals surface area contributed by atoms with E-state index in [0.717, 1.165) is 22.7 Å². The van der Waals surface area contributed by atoms with Crippen molar-refractivity contribution >= 4 is 40.7 Å². The minimum atomic E-state index is -0.328. The normalized spacial score (nSPS) is 31.8. The molecule has 1 heterocycles. The molecule has 0 aromatic heterocycles. The number of nitrogens with zero attached hydrogens (tertiary/aromatic N) is 1. The number of anilines is 1. The monoisotopic (exact) mass is 411 g/mol. The summed E-state index contributed by atoms with van der Waals surface area (Å²) in [6.07, 6.45) is 8.16. The van der Waals surface area contributed by atoms with Gasteiger partial charge in [0.05, 0.1) is 11.1 Å². The van der Waals surface area contributed by atoms with E-state index in [-0.39, 0.29) is 28.2 Å². The molecule has 0 atom stereocenters. The van der Waals surface area contributed by atoms with Gasteiger partial charge in [-0.3, -0.25) is 19.3 Å². The highest BCUT2D eigenvalue weighted by atomic mass is 32.1. The molecule has 29 heavy (non-hydrogen) atoms. The summed E-state index contributed by atoms with van der Waals surface area (Å²) in [7, 11) is 1.47.